The lowest BCUT2D eigenvalue weighted by Crippen LogP contribution is -2.30. The van der Waals surface area contributed by atoms with Crippen LogP contribution in [0.1, 0.15) is 0 Å². The number of carbonyl (C=O) groups is 1. The van der Waals surface area contributed by atoms with Crippen molar-refractivity contribution in [3.05, 3.63) is 24.4 Å². The number of allylic oxidation sites excluding steroid dienone is 2. The van der Waals surface area contributed by atoms with Crippen molar-refractivity contribution in [3.63, 3.8) is 0 Å². The van der Waals surface area contributed by atoms with E-state index in [4.69, 9.17) is 5.11 Å². The summed E-state index contributed by atoms with van der Waals surface area (Å²) in [4.78, 5) is 11.3. The SMILES string of the molecule is O=C(O)N1C=CC=CC1Br. The van der Waals surface area contributed by atoms with Crippen LogP contribution in [0, 0.1) is 0 Å². The fraction of sp³-hybridized carbons (Fsp3) is 0.167. The predicted molar refractivity (Wildman–Crippen MR) is 40.9 cm³/mol. The van der Waals surface area contributed by atoms with E-state index in [-0.39, 0.29) is 4.95 Å². The molecule has 0 aromatic heterocycles. The van der Waals surface area contributed by atoms with E-state index in [1.54, 1.807) is 18.2 Å². The molecule has 4 heteroatoms. The van der Waals surface area contributed by atoms with Crippen molar-refractivity contribution in [2.45, 2.75) is 4.95 Å². The van der Waals surface area contributed by atoms with Gasteiger partial charge in [0, 0.05) is 6.20 Å². The average molecular weight is 204 g/mol. The Morgan fingerprint density at radius 1 is 1.60 bits per heavy atom. The Morgan fingerprint density at radius 3 is 2.70 bits per heavy atom. The summed E-state index contributed by atoms with van der Waals surface area (Å²) in [5.41, 5.74) is 0. The third-order valence-corrected chi connectivity index (χ3v) is 1.86. The summed E-state index contributed by atoms with van der Waals surface area (Å²) in [7, 11) is 0. The van der Waals surface area contributed by atoms with E-state index in [0.717, 1.165) is 0 Å². The van der Waals surface area contributed by atoms with E-state index >= 15 is 0 Å². The number of carboxylic acid groups (broad SMARTS) is 1. The van der Waals surface area contributed by atoms with Crippen molar-refractivity contribution in [1.82, 2.24) is 4.90 Å². The van der Waals surface area contributed by atoms with Crippen LogP contribution in [-0.4, -0.2) is 21.1 Å². The van der Waals surface area contributed by atoms with Crippen LogP contribution in [0.25, 0.3) is 0 Å². The van der Waals surface area contributed by atoms with Gasteiger partial charge in [-0.05, 0) is 6.08 Å². The molecule has 1 atom stereocenters. The first-order valence-electron chi connectivity index (χ1n) is 2.72. The zero-order valence-electron chi connectivity index (χ0n) is 5.07. The first-order chi connectivity index (χ1) is 4.72. The second-order valence-electron chi connectivity index (χ2n) is 1.79. The van der Waals surface area contributed by atoms with E-state index in [1.807, 2.05) is 0 Å². The zero-order chi connectivity index (χ0) is 7.56. The third kappa shape index (κ3) is 1.39. The molecular formula is C6H6BrNO2. The molecule has 10 heavy (non-hydrogen) atoms. The smallest absolute Gasteiger partial charge is 0.412 e. The lowest BCUT2D eigenvalue weighted by molar-refractivity contribution is 0.164. The molecule has 0 aliphatic carbocycles. The van der Waals surface area contributed by atoms with Gasteiger partial charge in [-0.2, -0.15) is 0 Å². The molecule has 0 bridgehead atoms. The second kappa shape index (κ2) is 2.88. The van der Waals surface area contributed by atoms with Crippen LogP contribution in [-0.2, 0) is 0 Å². The lowest BCUT2D eigenvalue weighted by Gasteiger charge is -2.19. The van der Waals surface area contributed by atoms with Gasteiger partial charge in [0.1, 0.15) is 4.95 Å². The summed E-state index contributed by atoms with van der Waals surface area (Å²) in [6, 6.07) is 0. The standard InChI is InChI=1S/C6H6BrNO2/c7-5-3-1-2-4-8(5)6(9)10/h1-5H,(H,9,10). The maximum atomic E-state index is 10.4. The maximum absolute atomic E-state index is 10.4. The van der Waals surface area contributed by atoms with E-state index in [0.29, 0.717) is 0 Å². The summed E-state index contributed by atoms with van der Waals surface area (Å²) in [5.74, 6) is 0. The van der Waals surface area contributed by atoms with Gasteiger partial charge in [0.15, 0.2) is 0 Å². The topological polar surface area (TPSA) is 40.5 Å². The first kappa shape index (κ1) is 7.34. The van der Waals surface area contributed by atoms with Gasteiger partial charge in [-0.3, -0.25) is 4.90 Å². The Labute approximate surface area is 66.8 Å². The summed E-state index contributed by atoms with van der Waals surface area (Å²) >= 11 is 3.16. The fourth-order valence-corrected chi connectivity index (χ4v) is 1.13. The van der Waals surface area contributed by atoms with Gasteiger partial charge < -0.3 is 5.11 Å². The lowest BCUT2D eigenvalue weighted by atomic mass is 10.4. The Morgan fingerprint density at radius 2 is 2.30 bits per heavy atom. The molecule has 1 aliphatic heterocycles. The molecule has 1 N–H and O–H groups in total. The van der Waals surface area contributed by atoms with E-state index < -0.39 is 6.09 Å². The molecule has 1 unspecified atom stereocenters. The second-order valence-corrected chi connectivity index (χ2v) is 2.73. The highest BCUT2D eigenvalue weighted by molar-refractivity contribution is 9.09. The van der Waals surface area contributed by atoms with Crippen LogP contribution in [0.2, 0.25) is 0 Å². The largest absolute Gasteiger partial charge is 0.465 e. The molecule has 1 rings (SSSR count). The molecule has 0 aromatic carbocycles. The van der Waals surface area contributed by atoms with Gasteiger partial charge in [-0.25, -0.2) is 4.79 Å². The fourth-order valence-electron chi connectivity index (χ4n) is 0.642. The minimum Gasteiger partial charge on any atom is -0.465 e. The summed E-state index contributed by atoms with van der Waals surface area (Å²) in [5, 5.41) is 8.52. The number of hydrogen-bond donors (Lipinski definition) is 1. The predicted octanol–water partition coefficient (Wildman–Crippen LogP) is 1.77. The molecule has 0 radical (unpaired) electrons. The van der Waals surface area contributed by atoms with Gasteiger partial charge in [-0.1, -0.05) is 28.1 Å². The van der Waals surface area contributed by atoms with Gasteiger partial charge >= 0.3 is 6.09 Å². The number of amides is 1. The van der Waals surface area contributed by atoms with Gasteiger partial charge in [0.25, 0.3) is 0 Å². The first-order valence-corrected chi connectivity index (χ1v) is 3.63. The molecule has 1 aliphatic rings. The van der Waals surface area contributed by atoms with Crippen LogP contribution in [0.15, 0.2) is 24.4 Å². The highest BCUT2D eigenvalue weighted by atomic mass is 79.9. The van der Waals surface area contributed by atoms with Crippen molar-refractivity contribution in [2.24, 2.45) is 0 Å². The Kier molecular flexibility index (Phi) is 2.11. The van der Waals surface area contributed by atoms with Gasteiger partial charge in [0.05, 0.1) is 0 Å². The van der Waals surface area contributed by atoms with Crippen LogP contribution >= 0.6 is 15.9 Å². The Balaban J connectivity index is 2.70. The number of halogens is 1. The molecule has 0 fully saturated rings. The third-order valence-electron chi connectivity index (χ3n) is 1.11. The zero-order valence-corrected chi connectivity index (χ0v) is 6.65. The van der Waals surface area contributed by atoms with E-state index in [1.165, 1.54) is 11.1 Å². The summed E-state index contributed by atoms with van der Waals surface area (Å²) in [6.07, 6.45) is 5.75. The van der Waals surface area contributed by atoms with Crippen molar-refractivity contribution in [3.8, 4) is 0 Å². The Hall–Kier alpha value is -0.770. The van der Waals surface area contributed by atoms with Crippen LogP contribution < -0.4 is 0 Å². The number of nitrogens with zero attached hydrogens (tertiary/aromatic N) is 1. The van der Waals surface area contributed by atoms with Crippen molar-refractivity contribution in [2.75, 3.05) is 0 Å². The van der Waals surface area contributed by atoms with E-state index in [2.05, 4.69) is 15.9 Å². The van der Waals surface area contributed by atoms with Crippen LogP contribution in [0.3, 0.4) is 0 Å². The monoisotopic (exact) mass is 203 g/mol. The molecule has 54 valence electrons. The van der Waals surface area contributed by atoms with Crippen molar-refractivity contribution < 1.29 is 9.90 Å². The number of alkyl halides is 1. The Bertz CT molecular complexity index is 200. The van der Waals surface area contributed by atoms with E-state index in [9.17, 15) is 4.79 Å². The van der Waals surface area contributed by atoms with Crippen molar-refractivity contribution in [1.29, 1.82) is 0 Å². The quantitative estimate of drug-likeness (QED) is 0.482. The highest BCUT2D eigenvalue weighted by Crippen LogP contribution is 2.13. The number of rotatable bonds is 0. The summed E-state index contributed by atoms with van der Waals surface area (Å²) in [6.45, 7) is 0. The molecule has 0 saturated heterocycles. The molecule has 1 amide bonds. The van der Waals surface area contributed by atoms with Gasteiger partial charge in [-0.15, -0.1) is 0 Å². The molecule has 0 saturated carbocycles. The molecular weight excluding hydrogens is 198 g/mol. The molecule has 3 nitrogen and oxygen atoms in total. The van der Waals surface area contributed by atoms with Gasteiger partial charge in [0.2, 0.25) is 0 Å². The normalized spacial score (nSPS) is 23.3. The summed E-state index contributed by atoms with van der Waals surface area (Å²) < 4.78 is 0. The maximum Gasteiger partial charge on any atom is 0.412 e. The highest BCUT2D eigenvalue weighted by Gasteiger charge is 2.16. The van der Waals surface area contributed by atoms with Crippen LogP contribution in [0.5, 0.6) is 0 Å². The molecule has 0 aromatic rings. The minimum absolute atomic E-state index is 0.227. The van der Waals surface area contributed by atoms with Crippen molar-refractivity contribution >= 4 is 22.0 Å². The minimum atomic E-state index is -0.956. The van der Waals surface area contributed by atoms with Crippen LogP contribution in [0.4, 0.5) is 4.79 Å². The number of hydrogen-bond acceptors (Lipinski definition) is 1. The molecule has 0 spiro atoms. The molecule has 1 heterocycles. The average Bonchev–Trinajstić information content (AvgIpc) is 1.88.